The summed E-state index contributed by atoms with van der Waals surface area (Å²) in [6, 6.07) is 0. The molecule has 64 valence electrons. The highest BCUT2D eigenvalue weighted by molar-refractivity contribution is 9.10. The Bertz CT molecular complexity index is 334. The number of pyridine rings is 1. The van der Waals surface area contributed by atoms with Crippen LogP contribution in [0.2, 0.25) is 0 Å². The molecule has 0 aliphatic carbocycles. The van der Waals surface area contributed by atoms with Crippen LogP contribution in [0.3, 0.4) is 0 Å². The number of aromatic nitrogens is 1. The van der Waals surface area contributed by atoms with Crippen LogP contribution in [0, 0.1) is 20.8 Å². The van der Waals surface area contributed by atoms with E-state index in [0.29, 0.717) is 10.2 Å². The Labute approximate surface area is 80.1 Å². The van der Waals surface area contributed by atoms with E-state index in [1.165, 1.54) is 0 Å². The van der Waals surface area contributed by atoms with E-state index in [1.807, 2.05) is 20.8 Å². The summed E-state index contributed by atoms with van der Waals surface area (Å²) >= 11 is 3.25. The molecule has 12 heavy (non-hydrogen) atoms. The van der Waals surface area contributed by atoms with Gasteiger partial charge >= 0.3 is 0 Å². The van der Waals surface area contributed by atoms with Gasteiger partial charge in [-0.1, -0.05) is 0 Å². The van der Waals surface area contributed by atoms with E-state index in [9.17, 15) is 4.79 Å². The monoisotopic (exact) mass is 227 g/mol. The number of nitrogens with zero attached hydrogens (tertiary/aromatic N) is 1. The lowest BCUT2D eigenvalue weighted by atomic mass is 10.1. The molecule has 1 rings (SSSR count). The van der Waals surface area contributed by atoms with Gasteiger partial charge in [-0.3, -0.25) is 4.79 Å². The second kappa shape index (κ2) is 3.35. The highest BCUT2D eigenvalue weighted by Gasteiger charge is 2.08. The molecule has 0 atom stereocenters. The van der Waals surface area contributed by atoms with Crippen LogP contribution >= 0.6 is 15.9 Å². The fourth-order valence-corrected chi connectivity index (χ4v) is 1.71. The van der Waals surface area contributed by atoms with Gasteiger partial charge in [0.1, 0.15) is 4.60 Å². The van der Waals surface area contributed by atoms with Crippen LogP contribution in [0.4, 0.5) is 0 Å². The second-order valence-electron chi connectivity index (χ2n) is 2.77. The van der Waals surface area contributed by atoms with Gasteiger partial charge in [-0.05, 0) is 47.8 Å². The second-order valence-corrected chi connectivity index (χ2v) is 3.52. The van der Waals surface area contributed by atoms with E-state index in [1.54, 1.807) is 0 Å². The fraction of sp³-hybridized carbons (Fsp3) is 0.333. The first-order valence-corrected chi connectivity index (χ1v) is 4.45. The van der Waals surface area contributed by atoms with Crippen molar-refractivity contribution in [3.05, 3.63) is 27.0 Å². The standard InChI is InChI=1S/C9H10BrNO/c1-5-6(2)8(4-12)9(10)11-7(5)3/h4H,1-3H3. The molecule has 1 aromatic heterocycles. The van der Waals surface area contributed by atoms with Crippen LogP contribution in [0.1, 0.15) is 27.2 Å². The van der Waals surface area contributed by atoms with Gasteiger partial charge in [-0.15, -0.1) is 0 Å². The first-order chi connectivity index (χ1) is 5.57. The summed E-state index contributed by atoms with van der Waals surface area (Å²) in [5, 5.41) is 0. The number of aryl methyl sites for hydroxylation is 1. The van der Waals surface area contributed by atoms with Crippen molar-refractivity contribution in [2.45, 2.75) is 20.8 Å². The minimum atomic E-state index is 0.637. The smallest absolute Gasteiger partial charge is 0.153 e. The molecule has 0 N–H and O–H groups in total. The fourth-order valence-electron chi connectivity index (χ4n) is 1.06. The molecule has 1 aromatic rings. The maximum atomic E-state index is 10.6. The Morgan fingerprint density at radius 1 is 1.25 bits per heavy atom. The molecule has 0 bridgehead atoms. The summed E-state index contributed by atoms with van der Waals surface area (Å²) in [5.74, 6) is 0. The Morgan fingerprint density at radius 3 is 2.33 bits per heavy atom. The number of carbonyl (C=O) groups is 1. The molecule has 0 radical (unpaired) electrons. The first kappa shape index (κ1) is 9.39. The van der Waals surface area contributed by atoms with E-state index in [2.05, 4.69) is 20.9 Å². The minimum Gasteiger partial charge on any atom is -0.298 e. The Morgan fingerprint density at radius 2 is 1.83 bits per heavy atom. The van der Waals surface area contributed by atoms with Crippen molar-refractivity contribution in [1.29, 1.82) is 0 Å². The lowest BCUT2D eigenvalue weighted by Gasteiger charge is -2.07. The van der Waals surface area contributed by atoms with Crippen LogP contribution in [0.25, 0.3) is 0 Å². The molecule has 0 saturated carbocycles. The van der Waals surface area contributed by atoms with Crippen molar-refractivity contribution >= 4 is 22.2 Å². The predicted molar refractivity (Wildman–Crippen MR) is 51.5 cm³/mol. The van der Waals surface area contributed by atoms with Crippen molar-refractivity contribution < 1.29 is 4.79 Å². The number of halogens is 1. The first-order valence-electron chi connectivity index (χ1n) is 3.66. The van der Waals surface area contributed by atoms with Crippen LogP contribution in [0.5, 0.6) is 0 Å². The van der Waals surface area contributed by atoms with E-state index in [-0.39, 0.29) is 0 Å². The van der Waals surface area contributed by atoms with Gasteiger partial charge in [0.15, 0.2) is 6.29 Å². The van der Waals surface area contributed by atoms with Crippen LogP contribution in [-0.2, 0) is 0 Å². The average molecular weight is 228 g/mol. The van der Waals surface area contributed by atoms with Crippen molar-refractivity contribution in [1.82, 2.24) is 4.98 Å². The third-order valence-electron chi connectivity index (χ3n) is 2.12. The summed E-state index contributed by atoms with van der Waals surface area (Å²) in [6.45, 7) is 5.83. The maximum absolute atomic E-state index is 10.6. The average Bonchev–Trinajstić information content (AvgIpc) is 2.01. The zero-order chi connectivity index (χ0) is 9.30. The Kier molecular flexibility index (Phi) is 2.62. The molecule has 3 heteroatoms. The minimum absolute atomic E-state index is 0.637. The summed E-state index contributed by atoms with van der Waals surface area (Å²) in [6.07, 6.45) is 0.832. The molecule has 0 aliphatic heterocycles. The lowest BCUT2D eigenvalue weighted by molar-refractivity contribution is 0.112. The highest BCUT2D eigenvalue weighted by Crippen LogP contribution is 2.21. The molecule has 0 amide bonds. The zero-order valence-corrected chi connectivity index (χ0v) is 8.90. The van der Waals surface area contributed by atoms with Crippen LogP contribution in [-0.4, -0.2) is 11.3 Å². The van der Waals surface area contributed by atoms with Gasteiger partial charge in [0.2, 0.25) is 0 Å². The molecule has 1 heterocycles. The molecule has 0 spiro atoms. The number of carbonyl (C=O) groups excluding carboxylic acids is 1. The largest absolute Gasteiger partial charge is 0.298 e. The molecule has 2 nitrogen and oxygen atoms in total. The maximum Gasteiger partial charge on any atom is 0.153 e. The van der Waals surface area contributed by atoms with Crippen molar-refractivity contribution in [3.8, 4) is 0 Å². The zero-order valence-electron chi connectivity index (χ0n) is 7.31. The Balaban J connectivity index is 3.51. The SMILES string of the molecule is Cc1nc(Br)c(C=O)c(C)c1C. The summed E-state index contributed by atoms with van der Waals surface area (Å²) < 4.78 is 0.637. The van der Waals surface area contributed by atoms with Crippen molar-refractivity contribution in [2.75, 3.05) is 0 Å². The number of hydrogen-bond acceptors (Lipinski definition) is 2. The Hall–Kier alpha value is -0.700. The van der Waals surface area contributed by atoms with Gasteiger partial charge in [0.25, 0.3) is 0 Å². The molecular formula is C9H10BrNO. The van der Waals surface area contributed by atoms with Gasteiger partial charge in [0.05, 0.1) is 5.56 Å². The molecule has 0 unspecified atom stereocenters. The van der Waals surface area contributed by atoms with E-state index < -0.39 is 0 Å². The van der Waals surface area contributed by atoms with E-state index >= 15 is 0 Å². The number of hydrogen-bond donors (Lipinski definition) is 0. The summed E-state index contributed by atoms with van der Waals surface area (Å²) in [4.78, 5) is 14.8. The van der Waals surface area contributed by atoms with Gasteiger partial charge in [-0.25, -0.2) is 4.98 Å². The van der Waals surface area contributed by atoms with Crippen LogP contribution in [0.15, 0.2) is 4.60 Å². The van der Waals surface area contributed by atoms with Crippen LogP contribution < -0.4 is 0 Å². The molecule has 0 fully saturated rings. The van der Waals surface area contributed by atoms with Gasteiger partial charge in [0, 0.05) is 5.69 Å². The van der Waals surface area contributed by atoms with Gasteiger partial charge in [-0.2, -0.15) is 0 Å². The third kappa shape index (κ3) is 1.41. The van der Waals surface area contributed by atoms with Gasteiger partial charge < -0.3 is 0 Å². The van der Waals surface area contributed by atoms with Crippen molar-refractivity contribution in [2.24, 2.45) is 0 Å². The highest BCUT2D eigenvalue weighted by atomic mass is 79.9. The summed E-state index contributed by atoms with van der Waals surface area (Å²) in [5.41, 5.74) is 3.70. The van der Waals surface area contributed by atoms with E-state index in [0.717, 1.165) is 23.1 Å². The topological polar surface area (TPSA) is 30.0 Å². The molecule has 0 aromatic carbocycles. The number of rotatable bonds is 1. The quantitative estimate of drug-likeness (QED) is 0.546. The third-order valence-corrected chi connectivity index (χ3v) is 2.72. The predicted octanol–water partition coefficient (Wildman–Crippen LogP) is 2.58. The molecular weight excluding hydrogens is 218 g/mol. The lowest BCUT2D eigenvalue weighted by Crippen LogP contribution is -1.98. The molecule has 0 aliphatic rings. The number of aldehydes is 1. The van der Waals surface area contributed by atoms with Crippen molar-refractivity contribution in [3.63, 3.8) is 0 Å². The normalized spacial score (nSPS) is 10.0. The molecule has 0 saturated heterocycles. The summed E-state index contributed by atoms with van der Waals surface area (Å²) in [7, 11) is 0. The van der Waals surface area contributed by atoms with E-state index in [4.69, 9.17) is 0 Å².